The van der Waals surface area contributed by atoms with E-state index in [1.165, 1.54) is 11.1 Å². The molecule has 3 heteroatoms. The highest BCUT2D eigenvalue weighted by Gasteiger charge is 1.97. The van der Waals surface area contributed by atoms with E-state index in [1.807, 2.05) is 49.4 Å². The molecule has 0 unspecified atom stereocenters. The molecule has 0 bridgehead atoms. The molecule has 2 aromatic carbocycles. The predicted octanol–water partition coefficient (Wildman–Crippen LogP) is 4.16. The number of aryl methyl sites for hydroxylation is 2. The zero-order valence-corrected chi connectivity index (χ0v) is 14.4. The van der Waals surface area contributed by atoms with Crippen molar-refractivity contribution in [3.05, 3.63) is 71.3 Å². The lowest BCUT2D eigenvalue weighted by molar-refractivity contribution is -0.116. The van der Waals surface area contributed by atoms with E-state index in [9.17, 15) is 4.79 Å². The van der Waals surface area contributed by atoms with E-state index in [0.29, 0.717) is 13.2 Å². The fourth-order valence-electron chi connectivity index (χ4n) is 2.29. The van der Waals surface area contributed by atoms with Crippen LogP contribution in [0.5, 0.6) is 5.75 Å². The number of carbonyl (C=O) groups excluding carboxylic acids is 1. The van der Waals surface area contributed by atoms with E-state index in [0.717, 1.165) is 24.2 Å². The highest BCUT2D eigenvalue weighted by molar-refractivity contribution is 5.91. The Bertz CT molecular complexity index is 657. The van der Waals surface area contributed by atoms with E-state index in [2.05, 4.69) is 24.4 Å². The summed E-state index contributed by atoms with van der Waals surface area (Å²) in [4.78, 5) is 11.8. The van der Waals surface area contributed by atoms with Gasteiger partial charge in [-0.05, 0) is 42.7 Å². The summed E-state index contributed by atoms with van der Waals surface area (Å²) in [5, 5.41) is 2.82. The third kappa shape index (κ3) is 6.29. The third-order valence-electron chi connectivity index (χ3n) is 3.64. The molecule has 3 nitrogen and oxygen atoms in total. The molecular formula is C21H25NO2. The molecule has 0 fully saturated rings. The van der Waals surface area contributed by atoms with Crippen molar-refractivity contribution in [2.24, 2.45) is 0 Å². The summed E-state index contributed by atoms with van der Waals surface area (Å²) in [5.74, 6) is 0.719. The predicted molar refractivity (Wildman–Crippen MR) is 99.2 cm³/mol. The third-order valence-corrected chi connectivity index (χ3v) is 3.64. The Morgan fingerprint density at radius 3 is 2.46 bits per heavy atom. The zero-order chi connectivity index (χ0) is 17.2. The van der Waals surface area contributed by atoms with E-state index < -0.39 is 0 Å². The second-order valence-corrected chi connectivity index (χ2v) is 5.78. The first-order valence-electron chi connectivity index (χ1n) is 8.41. The van der Waals surface area contributed by atoms with Crippen LogP contribution >= 0.6 is 0 Å². The Labute approximate surface area is 144 Å². The molecule has 0 aliphatic rings. The highest BCUT2D eigenvalue weighted by atomic mass is 16.5. The Hall–Kier alpha value is -2.55. The van der Waals surface area contributed by atoms with Crippen LogP contribution in [0, 0.1) is 6.92 Å². The number of hydrogen-bond donors (Lipinski definition) is 1. The Kier molecular flexibility index (Phi) is 7.09. The standard InChI is InChI=1S/C21H25NO2/c1-3-4-18-9-12-20(13-10-18)24-16-15-22-21(23)14-11-19-7-5-17(2)6-8-19/h5-14H,3-4,15-16H2,1-2H3,(H,22,23)/b14-11+. The molecular weight excluding hydrogens is 298 g/mol. The van der Waals surface area contributed by atoms with Crippen molar-refractivity contribution < 1.29 is 9.53 Å². The minimum absolute atomic E-state index is 0.113. The van der Waals surface area contributed by atoms with Crippen LogP contribution < -0.4 is 10.1 Å². The molecule has 0 heterocycles. The molecule has 24 heavy (non-hydrogen) atoms. The van der Waals surface area contributed by atoms with Crippen LogP contribution in [0.4, 0.5) is 0 Å². The molecule has 0 saturated carbocycles. The largest absolute Gasteiger partial charge is 0.492 e. The topological polar surface area (TPSA) is 38.3 Å². The number of benzene rings is 2. The summed E-state index contributed by atoms with van der Waals surface area (Å²) in [6.07, 6.45) is 5.58. The lowest BCUT2D eigenvalue weighted by Crippen LogP contribution is -2.26. The van der Waals surface area contributed by atoms with Crippen LogP contribution in [0.1, 0.15) is 30.0 Å². The van der Waals surface area contributed by atoms with Crippen LogP contribution in [-0.4, -0.2) is 19.1 Å². The summed E-state index contributed by atoms with van der Waals surface area (Å²) < 4.78 is 5.63. The molecule has 0 spiro atoms. The van der Waals surface area contributed by atoms with Gasteiger partial charge in [0.05, 0.1) is 6.54 Å². The van der Waals surface area contributed by atoms with Gasteiger partial charge in [0.1, 0.15) is 12.4 Å². The van der Waals surface area contributed by atoms with Gasteiger partial charge in [-0.1, -0.05) is 55.3 Å². The quantitative estimate of drug-likeness (QED) is 0.585. The van der Waals surface area contributed by atoms with Gasteiger partial charge in [0.15, 0.2) is 0 Å². The summed E-state index contributed by atoms with van der Waals surface area (Å²) in [6.45, 7) is 5.14. The van der Waals surface area contributed by atoms with Gasteiger partial charge in [0, 0.05) is 6.08 Å². The van der Waals surface area contributed by atoms with Crippen molar-refractivity contribution in [3.63, 3.8) is 0 Å². The maximum Gasteiger partial charge on any atom is 0.244 e. The minimum Gasteiger partial charge on any atom is -0.492 e. The second kappa shape index (κ2) is 9.56. The van der Waals surface area contributed by atoms with Gasteiger partial charge in [-0.15, -0.1) is 0 Å². The number of amides is 1. The lowest BCUT2D eigenvalue weighted by Gasteiger charge is -2.07. The van der Waals surface area contributed by atoms with Crippen molar-refractivity contribution in [1.29, 1.82) is 0 Å². The Morgan fingerprint density at radius 2 is 1.79 bits per heavy atom. The van der Waals surface area contributed by atoms with Gasteiger partial charge in [0.2, 0.25) is 5.91 Å². The summed E-state index contributed by atoms with van der Waals surface area (Å²) in [6, 6.07) is 16.2. The van der Waals surface area contributed by atoms with E-state index in [4.69, 9.17) is 4.74 Å². The van der Waals surface area contributed by atoms with Crippen LogP contribution in [0.15, 0.2) is 54.6 Å². The van der Waals surface area contributed by atoms with Gasteiger partial charge in [-0.3, -0.25) is 4.79 Å². The SMILES string of the molecule is CCCc1ccc(OCCNC(=O)/C=C/c2ccc(C)cc2)cc1. The van der Waals surface area contributed by atoms with E-state index in [1.54, 1.807) is 6.08 Å². The number of nitrogens with one attached hydrogen (secondary N) is 1. The summed E-state index contributed by atoms with van der Waals surface area (Å²) in [7, 11) is 0. The maximum absolute atomic E-state index is 11.8. The molecule has 0 aromatic heterocycles. The monoisotopic (exact) mass is 323 g/mol. The smallest absolute Gasteiger partial charge is 0.244 e. The molecule has 0 aliphatic heterocycles. The molecule has 1 N–H and O–H groups in total. The first-order valence-corrected chi connectivity index (χ1v) is 8.41. The van der Waals surface area contributed by atoms with Crippen molar-refractivity contribution in [3.8, 4) is 5.75 Å². The fourth-order valence-corrected chi connectivity index (χ4v) is 2.29. The summed E-state index contributed by atoms with van der Waals surface area (Å²) in [5.41, 5.74) is 3.54. The summed E-state index contributed by atoms with van der Waals surface area (Å²) >= 11 is 0. The van der Waals surface area contributed by atoms with Crippen molar-refractivity contribution in [2.45, 2.75) is 26.7 Å². The highest BCUT2D eigenvalue weighted by Crippen LogP contribution is 2.13. The lowest BCUT2D eigenvalue weighted by atomic mass is 10.1. The number of ether oxygens (including phenoxy) is 1. The molecule has 1 amide bonds. The second-order valence-electron chi connectivity index (χ2n) is 5.78. The van der Waals surface area contributed by atoms with Crippen LogP contribution in [0.25, 0.3) is 6.08 Å². The van der Waals surface area contributed by atoms with Gasteiger partial charge in [-0.25, -0.2) is 0 Å². The first-order chi connectivity index (χ1) is 11.7. The molecule has 2 aromatic rings. The zero-order valence-electron chi connectivity index (χ0n) is 14.4. The maximum atomic E-state index is 11.8. The number of carbonyl (C=O) groups is 1. The fraction of sp³-hybridized carbons (Fsp3) is 0.286. The molecule has 0 aliphatic carbocycles. The Balaban J connectivity index is 1.67. The normalized spacial score (nSPS) is 10.8. The number of hydrogen-bond acceptors (Lipinski definition) is 2. The van der Waals surface area contributed by atoms with E-state index >= 15 is 0 Å². The Morgan fingerprint density at radius 1 is 1.08 bits per heavy atom. The average Bonchev–Trinajstić information content (AvgIpc) is 2.60. The van der Waals surface area contributed by atoms with Crippen LogP contribution in [0.2, 0.25) is 0 Å². The van der Waals surface area contributed by atoms with Crippen molar-refractivity contribution >= 4 is 12.0 Å². The van der Waals surface area contributed by atoms with Crippen LogP contribution in [-0.2, 0) is 11.2 Å². The molecule has 2 rings (SSSR count). The van der Waals surface area contributed by atoms with E-state index in [-0.39, 0.29) is 5.91 Å². The molecule has 0 radical (unpaired) electrons. The van der Waals surface area contributed by atoms with Gasteiger partial charge >= 0.3 is 0 Å². The first kappa shape index (κ1) is 17.8. The number of rotatable bonds is 8. The van der Waals surface area contributed by atoms with Crippen LogP contribution in [0.3, 0.4) is 0 Å². The van der Waals surface area contributed by atoms with Gasteiger partial charge in [-0.2, -0.15) is 0 Å². The molecule has 0 saturated heterocycles. The molecule has 0 atom stereocenters. The minimum atomic E-state index is -0.113. The van der Waals surface area contributed by atoms with Gasteiger partial charge < -0.3 is 10.1 Å². The average molecular weight is 323 g/mol. The van der Waals surface area contributed by atoms with Crippen molar-refractivity contribution in [1.82, 2.24) is 5.32 Å². The van der Waals surface area contributed by atoms with Gasteiger partial charge in [0.25, 0.3) is 0 Å². The van der Waals surface area contributed by atoms with Crippen molar-refractivity contribution in [2.75, 3.05) is 13.2 Å². The molecule has 126 valence electrons.